The Hall–Kier alpha value is -3.60. The zero-order valence-corrected chi connectivity index (χ0v) is 23.4. The maximum atomic E-state index is 12.3. The van der Waals surface area contributed by atoms with E-state index in [0.29, 0.717) is 6.42 Å². The van der Waals surface area contributed by atoms with Crippen LogP contribution in [0.25, 0.3) is 11.1 Å². The van der Waals surface area contributed by atoms with Crippen LogP contribution in [0.1, 0.15) is 65.5 Å². The van der Waals surface area contributed by atoms with E-state index in [1.807, 2.05) is 63.0 Å². The first kappa shape index (κ1) is 28.4. The number of carbonyl (C=O) groups is 3. The van der Waals surface area contributed by atoms with Gasteiger partial charge in [0, 0.05) is 56.1 Å². The monoisotopic (exact) mass is 540 g/mol. The van der Waals surface area contributed by atoms with Gasteiger partial charge in [-0.15, -0.1) is 0 Å². The second-order valence-corrected chi connectivity index (χ2v) is 11.5. The zero-order valence-electron chi connectivity index (χ0n) is 23.4. The Morgan fingerprint density at radius 3 is 2.46 bits per heavy atom. The fourth-order valence-electron chi connectivity index (χ4n) is 5.46. The summed E-state index contributed by atoms with van der Waals surface area (Å²) in [5, 5.41) is 19.5. The van der Waals surface area contributed by atoms with E-state index in [0.717, 1.165) is 61.4 Å². The Bertz CT molecular complexity index is 1200. The van der Waals surface area contributed by atoms with Gasteiger partial charge in [0.25, 0.3) is 0 Å². The Balaban J connectivity index is 1.36. The van der Waals surface area contributed by atoms with E-state index in [-0.39, 0.29) is 24.1 Å². The highest BCUT2D eigenvalue weighted by molar-refractivity contribution is 5.94. The number of alkyl carbamates (subject to hydrolysis) is 1. The predicted molar refractivity (Wildman–Crippen MR) is 148 cm³/mol. The van der Waals surface area contributed by atoms with Crippen molar-refractivity contribution in [3.05, 3.63) is 36.2 Å². The molecule has 11 nitrogen and oxygen atoms in total. The molecule has 1 fully saturated rings. The van der Waals surface area contributed by atoms with Crippen LogP contribution in [0, 0.1) is 0 Å². The summed E-state index contributed by atoms with van der Waals surface area (Å²) in [5.74, 6) is -0.0669. The number of aromatic nitrogens is 2. The number of amides is 3. The molecule has 11 heteroatoms. The van der Waals surface area contributed by atoms with Crippen LogP contribution in [0.4, 0.5) is 15.3 Å². The Morgan fingerprint density at radius 1 is 1.10 bits per heavy atom. The molecule has 0 aliphatic carbocycles. The number of rotatable bonds is 6. The molecule has 1 aromatic heterocycles. The minimum Gasteiger partial charge on any atom is -0.465 e. The average molecular weight is 541 g/mol. The Kier molecular flexibility index (Phi) is 8.48. The van der Waals surface area contributed by atoms with Crippen molar-refractivity contribution in [2.75, 3.05) is 24.5 Å². The van der Waals surface area contributed by atoms with E-state index >= 15 is 0 Å². The summed E-state index contributed by atoms with van der Waals surface area (Å²) in [4.78, 5) is 39.9. The average Bonchev–Trinajstić information content (AvgIpc) is 3.31. The molecule has 3 N–H and O–H groups in total. The van der Waals surface area contributed by atoms with Crippen molar-refractivity contribution in [2.24, 2.45) is 0 Å². The molecular weight excluding hydrogens is 500 g/mol. The number of nitrogens with one attached hydrogen (secondary N) is 2. The van der Waals surface area contributed by atoms with Gasteiger partial charge in [-0.05, 0) is 70.2 Å². The molecule has 2 aliphatic rings. The summed E-state index contributed by atoms with van der Waals surface area (Å²) in [6.45, 7) is 12.4. The van der Waals surface area contributed by atoms with Gasteiger partial charge in [0.15, 0.2) is 0 Å². The van der Waals surface area contributed by atoms with Crippen LogP contribution in [-0.4, -0.2) is 75.2 Å². The highest BCUT2D eigenvalue weighted by atomic mass is 16.6. The molecule has 212 valence electrons. The number of benzene rings is 1. The molecule has 1 aromatic carbocycles. The van der Waals surface area contributed by atoms with Crippen molar-refractivity contribution >= 4 is 23.8 Å². The SMILES string of the molecule is CC(=O)N1c2ccc(-c3cnn(CCN4CCC(NC(=O)OC(C)(C)C)CC4)c3)cc2[C@@H](NC(=O)O)C[C@H]1C. The summed E-state index contributed by atoms with van der Waals surface area (Å²) in [6, 6.07) is 5.42. The maximum absolute atomic E-state index is 12.3. The summed E-state index contributed by atoms with van der Waals surface area (Å²) in [5.41, 5.74) is 2.88. The Morgan fingerprint density at radius 2 is 1.82 bits per heavy atom. The van der Waals surface area contributed by atoms with Crippen LogP contribution in [0.15, 0.2) is 30.6 Å². The highest BCUT2D eigenvalue weighted by Crippen LogP contribution is 2.39. The molecule has 39 heavy (non-hydrogen) atoms. The third kappa shape index (κ3) is 7.29. The molecule has 0 radical (unpaired) electrons. The van der Waals surface area contributed by atoms with Crippen LogP contribution >= 0.6 is 0 Å². The van der Waals surface area contributed by atoms with Crippen molar-refractivity contribution in [2.45, 2.75) is 84.2 Å². The smallest absolute Gasteiger partial charge is 0.407 e. The molecule has 3 amide bonds. The predicted octanol–water partition coefficient (Wildman–Crippen LogP) is 3.99. The van der Waals surface area contributed by atoms with Crippen molar-refractivity contribution < 1.29 is 24.2 Å². The number of hydrogen-bond acceptors (Lipinski definition) is 6. The minimum atomic E-state index is -1.09. The van der Waals surface area contributed by atoms with E-state index in [9.17, 15) is 19.5 Å². The van der Waals surface area contributed by atoms with E-state index < -0.39 is 17.7 Å². The van der Waals surface area contributed by atoms with Gasteiger partial charge in [0.05, 0.1) is 18.8 Å². The lowest BCUT2D eigenvalue weighted by molar-refractivity contribution is -0.117. The fourth-order valence-corrected chi connectivity index (χ4v) is 5.46. The number of anilines is 1. The normalized spacial score (nSPS) is 20.3. The summed E-state index contributed by atoms with van der Waals surface area (Å²) in [7, 11) is 0. The van der Waals surface area contributed by atoms with Gasteiger partial charge in [-0.3, -0.25) is 9.48 Å². The molecule has 4 rings (SSSR count). The maximum Gasteiger partial charge on any atom is 0.407 e. The van der Waals surface area contributed by atoms with Gasteiger partial charge < -0.3 is 30.3 Å². The van der Waals surface area contributed by atoms with Gasteiger partial charge in [-0.2, -0.15) is 5.10 Å². The van der Waals surface area contributed by atoms with Crippen LogP contribution in [-0.2, 0) is 16.1 Å². The van der Waals surface area contributed by atoms with E-state index in [4.69, 9.17) is 4.74 Å². The molecule has 3 heterocycles. The lowest BCUT2D eigenvalue weighted by atomic mass is 9.89. The van der Waals surface area contributed by atoms with Crippen LogP contribution in [0.3, 0.4) is 0 Å². The van der Waals surface area contributed by atoms with Gasteiger partial charge in [0.1, 0.15) is 5.60 Å². The number of likely N-dealkylation sites (tertiary alicyclic amines) is 1. The van der Waals surface area contributed by atoms with Crippen molar-refractivity contribution in [1.82, 2.24) is 25.3 Å². The molecule has 2 atom stereocenters. The standard InChI is InChI=1S/C28H40N6O5/c1-18-14-24(31-26(36)37)23-15-20(6-7-25(23)34(18)19(2)35)21-16-29-33(17-21)13-12-32-10-8-22(9-11-32)30-27(38)39-28(3,4)5/h6-7,15-18,22,24,31H,8-14H2,1-5H3,(H,30,38)(H,36,37)/t18-,24+/m1/s1. The van der Waals surface area contributed by atoms with Gasteiger partial charge in [-0.1, -0.05) is 6.07 Å². The summed E-state index contributed by atoms with van der Waals surface area (Å²) >= 11 is 0. The first-order valence-electron chi connectivity index (χ1n) is 13.6. The summed E-state index contributed by atoms with van der Waals surface area (Å²) < 4.78 is 7.28. The molecular formula is C28H40N6O5. The first-order chi connectivity index (χ1) is 18.4. The lowest BCUT2D eigenvalue weighted by Gasteiger charge is -2.39. The second-order valence-electron chi connectivity index (χ2n) is 11.5. The van der Waals surface area contributed by atoms with E-state index in [1.165, 1.54) is 6.92 Å². The second kappa shape index (κ2) is 11.6. The van der Waals surface area contributed by atoms with E-state index in [2.05, 4.69) is 20.6 Å². The topological polar surface area (TPSA) is 129 Å². The minimum absolute atomic E-state index is 0.0669. The molecule has 0 bridgehead atoms. The third-order valence-electron chi connectivity index (χ3n) is 7.24. The number of carboxylic acid groups (broad SMARTS) is 1. The molecule has 0 unspecified atom stereocenters. The lowest BCUT2D eigenvalue weighted by Crippen LogP contribution is -2.46. The van der Waals surface area contributed by atoms with Crippen molar-refractivity contribution in [3.63, 3.8) is 0 Å². The molecule has 2 aliphatic heterocycles. The third-order valence-corrected chi connectivity index (χ3v) is 7.24. The fraction of sp³-hybridized carbons (Fsp3) is 0.571. The van der Waals surface area contributed by atoms with Gasteiger partial charge >= 0.3 is 12.2 Å². The van der Waals surface area contributed by atoms with Gasteiger partial charge in [0.2, 0.25) is 5.91 Å². The summed E-state index contributed by atoms with van der Waals surface area (Å²) in [6.07, 6.45) is 4.61. The van der Waals surface area contributed by atoms with Gasteiger partial charge in [-0.25, -0.2) is 9.59 Å². The number of hydrogen-bond donors (Lipinski definition) is 3. The van der Waals surface area contributed by atoms with Crippen molar-refractivity contribution in [3.8, 4) is 11.1 Å². The van der Waals surface area contributed by atoms with Crippen LogP contribution in [0.5, 0.6) is 0 Å². The quantitative estimate of drug-likeness (QED) is 0.505. The Labute approximate surface area is 229 Å². The zero-order chi connectivity index (χ0) is 28.3. The number of fused-ring (bicyclic) bond motifs is 1. The van der Waals surface area contributed by atoms with E-state index in [1.54, 1.807) is 4.90 Å². The molecule has 1 saturated heterocycles. The number of carbonyl (C=O) groups excluding carboxylic acids is 2. The number of ether oxygens (including phenoxy) is 1. The molecule has 0 saturated carbocycles. The largest absolute Gasteiger partial charge is 0.465 e. The molecule has 2 aromatic rings. The highest BCUT2D eigenvalue weighted by Gasteiger charge is 2.33. The first-order valence-corrected chi connectivity index (χ1v) is 13.6. The van der Waals surface area contributed by atoms with Crippen LogP contribution in [0.2, 0.25) is 0 Å². The molecule has 0 spiro atoms. The van der Waals surface area contributed by atoms with Crippen LogP contribution < -0.4 is 15.5 Å². The number of piperidine rings is 1. The number of nitrogens with zero attached hydrogens (tertiary/aromatic N) is 4. The van der Waals surface area contributed by atoms with Crippen molar-refractivity contribution in [1.29, 1.82) is 0 Å².